The van der Waals surface area contributed by atoms with E-state index in [4.69, 9.17) is 5.41 Å². The van der Waals surface area contributed by atoms with Crippen LogP contribution in [0.4, 0.5) is 0 Å². The Labute approximate surface area is 156 Å². The van der Waals surface area contributed by atoms with E-state index in [0.717, 1.165) is 19.4 Å². The summed E-state index contributed by atoms with van der Waals surface area (Å²) in [6.45, 7) is 0.844. The first kappa shape index (κ1) is 17.1. The highest BCUT2D eigenvalue weighted by molar-refractivity contribution is 5.77. The van der Waals surface area contributed by atoms with E-state index in [9.17, 15) is 0 Å². The van der Waals surface area contributed by atoms with Gasteiger partial charge in [-0.3, -0.25) is 5.41 Å². The summed E-state index contributed by atoms with van der Waals surface area (Å²) in [6.07, 6.45) is 8.51. The molecule has 1 unspecified atom stereocenters. The van der Waals surface area contributed by atoms with E-state index in [1.807, 2.05) is 0 Å². The zero-order valence-corrected chi connectivity index (χ0v) is 15.4. The molecule has 2 aliphatic rings. The molecule has 0 heterocycles. The lowest BCUT2D eigenvalue weighted by Gasteiger charge is -2.38. The van der Waals surface area contributed by atoms with Gasteiger partial charge in [0.15, 0.2) is 5.96 Å². The van der Waals surface area contributed by atoms with Crippen molar-refractivity contribution >= 4 is 5.96 Å². The van der Waals surface area contributed by atoms with E-state index >= 15 is 0 Å². The molecule has 2 aliphatic carbocycles. The maximum atomic E-state index is 8.44. The lowest BCUT2D eigenvalue weighted by molar-refractivity contribution is 0.290. The van der Waals surface area contributed by atoms with Crippen LogP contribution in [-0.4, -0.2) is 12.5 Å². The number of hydrogen-bond acceptors (Lipinski definition) is 1. The van der Waals surface area contributed by atoms with Crippen molar-refractivity contribution in [2.75, 3.05) is 6.54 Å². The molecular formula is C23H29N3. The summed E-state index contributed by atoms with van der Waals surface area (Å²) in [5.74, 6) is 0.465. The monoisotopic (exact) mass is 347 g/mol. The van der Waals surface area contributed by atoms with Crippen molar-refractivity contribution < 1.29 is 0 Å². The number of guanidine groups is 1. The minimum atomic E-state index is 0.168. The van der Waals surface area contributed by atoms with Crippen molar-refractivity contribution in [3.63, 3.8) is 0 Å². The van der Waals surface area contributed by atoms with Crippen molar-refractivity contribution in [3.05, 3.63) is 71.3 Å². The lowest BCUT2D eigenvalue weighted by Crippen LogP contribution is -2.46. The summed E-state index contributed by atoms with van der Waals surface area (Å²) >= 11 is 0. The Morgan fingerprint density at radius 2 is 1.69 bits per heavy atom. The molecule has 0 amide bonds. The highest BCUT2D eigenvalue weighted by Crippen LogP contribution is 2.39. The highest BCUT2D eigenvalue weighted by Gasteiger charge is 2.34. The molecule has 0 bridgehead atoms. The number of rotatable bonds is 4. The predicted octanol–water partition coefficient (Wildman–Crippen LogP) is 4.69. The van der Waals surface area contributed by atoms with E-state index in [1.54, 1.807) is 0 Å². The van der Waals surface area contributed by atoms with Crippen LogP contribution in [0.15, 0.2) is 54.6 Å². The minimum absolute atomic E-state index is 0.168. The molecule has 3 heteroatoms. The van der Waals surface area contributed by atoms with Gasteiger partial charge in [-0.15, -0.1) is 0 Å². The summed E-state index contributed by atoms with van der Waals surface area (Å²) in [5, 5.41) is 15.3. The Balaban J connectivity index is 1.41. The van der Waals surface area contributed by atoms with Crippen molar-refractivity contribution in [2.24, 2.45) is 0 Å². The number of fused-ring (bicyclic) bond motifs is 1. The molecule has 2 aromatic carbocycles. The van der Waals surface area contributed by atoms with E-state index in [1.165, 1.54) is 48.8 Å². The predicted molar refractivity (Wildman–Crippen MR) is 108 cm³/mol. The van der Waals surface area contributed by atoms with Crippen LogP contribution in [0, 0.1) is 5.41 Å². The van der Waals surface area contributed by atoms with Crippen molar-refractivity contribution in [3.8, 4) is 0 Å². The van der Waals surface area contributed by atoms with Crippen molar-refractivity contribution in [1.82, 2.24) is 10.6 Å². The first-order valence-corrected chi connectivity index (χ1v) is 9.99. The summed E-state index contributed by atoms with van der Waals surface area (Å²) < 4.78 is 0. The molecule has 1 saturated carbocycles. The number of aryl methyl sites for hydroxylation is 1. The number of benzene rings is 2. The standard InChI is InChI=1S/C23H29N3/c24-22(26-21-14-13-18-9-5-6-12-20(18)21)25-17-23(15-7-2-8-16-23)19-10-3-1-4-11-19/h1,3-6,9-12,21H,2,7-8,13-17H2,(H3,24,25,26). The van der Waals surface area contributed by atoms with E-state index in [-0.39, 0.29) is 11.5 Å². The van der Waals surface area contributed by atoms with Crippen LogP contribution in [0.2, 0.25) is 0 Å². The smallest absolute Gasteiger partial charge is 0.188 e. The Morgan fingerprint density at radius 3 is 2.50 bits per heavy atom. The van der Waals surface area contributed by atoms with Crippen LogP contribution in [0.3, 0.4) is 0 Å². The van der Waals surface area contributed by atoms with E-state index < -0.39 is 0 Å². The zero-order chi connectivity index (χ0) is 17.8. The average molecular weight is 348 g/mol. The molecule has 0 aliphatic heterocycles. The number of hydrogen-bond donors (Lipinski definition) is 3. The summed E-state index contributed by atoms with van der Waals surface area (Å²) in [6, 6.07) is 19.8. The van der Waals surface area contributed by atoms with Crippen molar-refractivity contribution in [2.45, 2.75) is 56.4 Å². The third-order valence-electron chi connectivity index (χ3n) is 6.25. The molecule has 2 aromatic rings. The van der Waals surface area contributed by atoms with Gasteiger partial charge in [0.2, 0.25) is 0 Å². The fraction of sp³-hybridized carbons (Fsp3) is 0.435. The van der Waals surface area contributed by atoms with Gasteiger partial charge >= 0.3 is 0 Å². The first-order valence-electron chi connectivity index (χ1n) is 9.99. The highest BCUT2D eigenvalue weighted by atomic mass is 15.2. The Hall–Kier alpha value is -2.29. The molecule has 0 saturated heterocycles. The lowest BCUT2D eigenvalue weighted by atomic mass is 9.69. The largest absolute Gasteiger partial charge is 0.356 e. The van der Waals surface area contributed by atoms with Crippen LogP contribution in [-0.2, 0) is 11.8 Å². The molecule has 26 heavy (non-hydrogen) atoms. The Bertz CT molecular complexity index is 747. The van der Waals surface area contributed by atoms with Crippen molar-refractivity contribution in [1.29, 1.82) is 5.41 Å². The van der Waals surface area contributed by atoms with Crippen LogP contribution < -0.4 is 10.6 Å². The average Bonchev–Trinajstić information content (AvgIpc) is 3.11. The molecule has 1 atom stereocenters. The minimum Gasteiger partial charge on any atom is -0.356 e. The van der Waals surface area contributed by atoms with Gasteiger partial charge in [-0.1, -0.05) is 73.9 Å². The Kier molecular flexibility index (Phi) is 4.96. The molecule has 0 spiro atoms. The quantitative estimate of drug-likeness (QED) is 0.555. The second kappa shape index (κ2) is 7.53. The molecule has 3 N–H and O–H groups in total. The maximum absolute atomic E-state index is 8.44. The fourth-order valence-electron chi connectivity index (χ4n) is 4.78. The van der Waals surface area contributed by atoms with Gasteiger partial charge in [-0.25, -0.2) is 0 Å². The molecule has 0 radical (unpaired) electrons. The van der Waals surface area contributed by atoms with E-state index in [2.05, 4.69) is 65.2 Å². The van der Waals surface area contributed by atoms with Crippen LogP contribution in [0.5, 0.6) is 0 Å². The second-order valence-corrected chi connectivity index (χ2v) is 7.87. The fourth-order valence-corrected chi connectivity index (χ4v) is 4.78. The number of nitrogens with one attached hydrogen (secondary N) is 3. The van der Waals surface area contributed by atoms with Gasteiger partial charge in [-0.05, 0) is 42.4 Å². The third-order valence-corrected chi connectivity index (χ3v) is 6.25. The van der Waals surface area contributed by atoms with Gasteiger partial charge in [-0.2, -0.15) is 0 Å². The molecule has 0 aromatic heterocycles. The first-order chi connectivity index (χ1) is 12.8. The molecule has 136 valence electrons. The summed E-state index contributed by atoms with van der Waals surface area (Å²) in [4.78, 5) is 0. The molecular weight excluding hydrogens is 318 g/mol. The van der Waals surface area contributed by atoms with Gasteiger partial charge in [0, 0.05) is 12.0 Å². The second-order valence-electron chi connectivity index (χ2n) is 7.87. The Morgan fingerprint density at radius 1 is 0.962 bits per heavy atom. The SMILES string of the molecule is N=C(NCC1(c2ccccc2)CCCCC1)NC1CCc2ccccc21. The zero-order valence-electron chi connectivity index (χ0n) is 15.4. The van der Waals surface area contributed by atoms with Crippen LogP contribution >= 0.6 is 0 Å². The summed E-state index contributed by atoms with van der Waals surface area (Å²) in [7, 11) is 0. The van der Waals surface area contributed by atoms with Crippen LogP contribution in [0.1, 0.15) is 61.3 Å². The van der Waals surface area contributed by atoms with Crippen LogP contribution in [0.25, 0.3) is 0 Å². The maximum Gasteiger partial charge on any atom is 0.188 e. The van der Waals surface area contributed by atoms with Gasteiger partial charge < -0.3 is 10.6 Å². The van der Waals surface area contributed by atoms with Gasteiger partial charge in [0.05, 0.1) is 6.04 Å². The van der Waals surface area contributed by atoms with Gasteiger partial charge in [0.25, 0.3) is 0 Å². The summed E-state index contributed by atoms with van der Waals surface area (Å²) in [5.41, 5.74) is 4.37. The molecule has 4 rings (SSSR count). The third kappa shape index (κ3) is 3.48. The van der Waals surface area contributed by atoms with E-state index in [0.29, 0.717) is 5.96 Å². The normalized spacial score (nSPS) is 21.0. The molecule has 1 fully saturated rings. The molecule has 3 nitrogen and oxygen atoms in total. The van der Waals surface area contributed by atoms with Gasteiger partial charge in [0.1, 0.15) is 0 Å². The topological polar surface area (TPSA) is 47.9 Å².